The Morgan fingerprint density at radius 2 is 1.60 bits per heavy atom. The topological polar surface area (TPSA) is 64.1 Å². The molecule has 0 radical (unpaired) electrons. The Balaban J connectivity index is 1.36. The molecule has 0 spiro atoms. The molecule has 1 amide bonds. The minimum atomic E-state index is -0.246. The third kappa shape index (κ3) is 5.19. The maximum absolute atomic E-state index is 12.5. The molecule has 0 saturated heterocycles. The zero-order valence-corrected chi connectivity index (χ0v) is 18.1. The van der Waals surface area contributed by atoms with Gasteiger partial charge >= 0.3 is 0 Å². The number of rotatable bonds is 6. The van der Waals surface area contributed by atoms with E-state index < -0.39 is 0 Å². The molecule has 0 aliphatic heterocycles. The Bertz CT molecular complexity index is 1140. The Morgan fingerprint density at radius 1 is 0.933 bits per heavy atom. The molecular formula is C22H16Cl2N3O2P. The summed E-state index contributed by atoms with van der Waals surface area (Å²) in [5.74, 6) is 1.72. The molecule has 4 aromatic rings. The lowest BCUT2D eigenvalue weighted by molar-refractivity contribution is 0.0950. The van der Waals surface area contributed by atoms with Gasteiger partial charge in [-0.05, 0) is 56.4 Å². The second-order valence-corrected chi connectivity index (χ2v) is 8.20. The lowest BCUT2D eigenvalue weighted by Gasteiger charge is -2.07. The quantitative estimate of drug-likeness (QED) is 0.375. The first-order valence-corrected chi connectivity index (χ1v) is 10.8. The highest BCUT2D eigenvalue weighted by Gasteiger charge is 2.13. The van der Waals surface area contributed by atoms with Gasteiger partial charge in [0.15, 0.2) is 11.3 Å². The smallest absolute Gasteiger partial charge is 0.275 e. The highest BCUT2D eigenvalue weighted by Crippen LogP contribution is 2.27. The SMILES string of the molecule is O=C(NCc1ccc(Oc2ccccc2)cc1)c1nc(-c2cc(Cl)cc(Cl)c2)n[pH]1. The Labute approximate surface area is 185 Å². The van der Waals surface area contributed by atoms with E-state index in [2.05, 4.69) is 15.0 Å². The van der Waals surface area contributed by atoms with E-state index in [1.165, 1.54) is 0 Å². The van der Waals surface area contributed by atoms with E-state index in [-0.39, 0.29) is 14.3 Å². The minimum Gasteiger partial charge on any atom is -0.457 e. The van der Waals surface area contributed by atoms with Crippen LogP contribution < -0.4 is 10.1 Å². The first kappa shape index (κ1) is 20.4. The normalized spacial score (nSPS) is 10.9. The zero-order chi connectivity index (χ0) is 20.9. The van der Waals surface area contributed by atoms with Crippen molar-refractivity contribution in [3.05, 3.63) is 93.8 Å². The van der Waals surface area contributed by atoms with Crippen molar-refractivity contribution in [2.75, 3.05) is 0 Å². The molecule has 5 nitrogen and oxygen atoms in total. The molecule has 0 aliphatic carbocycles. The van der Waals surface area contributed by atoms with Crippen LogP contribution in [0, 0.1) is 0 Å². The standard InChI is InChI=1S/C22H16Cl2N3O2P/c23-16-10-15(11-17(24)12-16)20-26-22(30-27-20)21(28)25-13-14-6-8-19(9-7-14)29-18-4-2-1-3-5-18/h1-12,30H,13H2,(H,25,28). The number of hydrogen-bond donors (Lipinski definition) is 1. The van der Waals surface area contributed by atoms with Gasteiger partial charge in [-0.1, -0.05) is 53.5 Å². The summed E-state index contributed by atoms with van der Waals surface area (Å²) in [5.41, 5.74) is 2.02. The van der Waals surface area contributed by atoms with Gasteiger partial charge in [0.1, 0.15) is 11.5 Å². The maximum Gasteiger partial charge on any atom is 0.275 e. The van der Waals surface area contributed by atoms with Crippen LogP contribution in [0.3, 0.4) is 0 Å². The summed E-state index contributed by atoms with van der Waals surface area (Å²) in [7, 11) is -0.0514. The van der Waals surface area contributed by atoms with Crippen molar-refractivity contribution < 1.29 is 9.53 Å². The summed E-state index contributed by atoms with van der Waals surface area (Å²) in [4.78, 5) is 16.8. The van der Waals surface area contributed by atoms with E-state index in [9.17, 15) is 4.79 Å². The molecule has 4 rings (SSSR count). The van der Waals surface area contributed by atoms with Gasteiger partial charge in [-0.25, -0.2) is 9.73 Å². The number of halogens is 2. The van der Waals surface area contributed by atoms with Crippen LogP contribution in [0.5, 0.6) is 11.5 Å². The van der Waals surface area contributed by atoms with E-state index in [0.717, 1.165) is 17.1 Å². The number of carbonyl (C=O) groups excluding carboxylic acids is 1. The Morgan fingerprint density at radius 3 is 2.30 bits per heavy atom. The van der Waals surface area contributed by atoms with Crippen molar-refractivity contribution in [1.82, 2.24) is 15.0 Å². The van der Waals surface area contributed by atoms with Crippen LogP contribution >= 0.6 is 31.6 Å². The largest absolute Gasteiger partial charge is 0.457 e. The molecule has 0 aliphatic rings. The number of aromatic nitrogens is 2. The molecular weight excluding hydrogens is 440 g/mol. The van der Waals surface area contributed by atoms with Crippen molar-refractivity contribution in [3.8, 4) is 22.9 Å². The van der Waals surface area contributed by atoms with Crippen LogP contribution in [-0.4, -0.2) is 15.6 Å². The fourth-order valence-corrected chi connectivity index (χ4v) is 4.00. The van der Waals surface area contributed by atoms with E-state index in [1.54, 1.807) is 18.2 Å². The average molecular weight is 456 g/mol. The fraction of sp³-hybridized carbons (Fsp3) is 0.0455. The van der Waals surface area contributed by atoms with Gasteiger partial charge in [0.2, 0.25) is 0 Å². The van der Waals surface area contributed by atoms with E-state index in [0.29, 0.717) is 33.4 Å². The lowest BCUT2D eigenvalue weighted by atomic mass is 10.2. The number of nitrogens with zero attached hydrogens (tertiary/aromatic N) is 2. The van der Waals surface area contributed by atoms with Gasteiger partial charge in [0.25, 0.3) is 5.91 Å². The summed E-state index contributed by atoms with van der Waals surface area (Å²) in [6, 6.07) is 22.2. The molecule has 1 unspecified atom stereocenters. The van der Waals surface area contributed by atoms with Gasteiger partial charge in [-0.2, -0.15) is 0 Å². The number of amides is 1. The number of benzene rings is 3. The molecule has 1 N–H and O–H groups in total. The Hall–Kier alpha value is -2.85. The molecule has 3 aromatic carbocycles. The predicted molar refractivity (Wildman–Crippen MR) is 121 cm³/mol. The summed E-state index contributed by atoms with van der Waals surface area (Å²) in [5, 5.41) is 3.87. The monoisotopic (exact) mass is 455 g/mol. The van der Waals surface area contributed by atoms with E-state index in [1.807, 2.05) is 54.6 Å². The third-order valence-electron chi connectivity index (χ3n) is 4.18. The van der Waals surface area contributed by atoms with Crippen LogP contribution in [0.4, 0.5) is 0 Å². The van der Waals surface area contributed by atoms with Gasteiger partial charge < -0.3 is 10.1 Å². The summed E-state index contributed by atoms with van der Waals surface area (Å²) < 4.78 is 10.1. The summed E-state index contributed by atoms with van der Waals surface area (Å²) in [6.07, 6.45) is 0. The zero-order valence-electron chi connectivity index (χ0n) is 15.6. The molecule has 8 heteroatoms. The molecule has 0 saturated carbocycles. The maximum atomic E-state index is 12.5. The molecule has 1 heterocycles. The number of para-hydroxylation sites is 1. The highest BCUT2D eigenvalue weighted by molar-refractivity contribution is 7.28. The van der Waals surface area contributed by atoms with Gasteiger partial charge in [0, 0.05) is 22.2 Å². The lowest BCUT2D eigenvalue weighted by Crippen LogP contribution is -2.22. The molecule has 1 aromatic heterocycles. The molecule has 1 atom stereocenters. The van der Waals surface area contributed by atoms with E-state index >= 15 is 0 Å². The number of nitrogens with one attached hydrogen (secondary N) is 1. The average Bonchev–Trinajstić information content (AvgIpc) is 3.24. The second-order valence-electron chi connectivity index (χ2n) is 6.41. The van der Waals surface area contributed by atoms with Crippen LogP contribution in [0.2, 0.25) is 10.0 Å². The number of carbonyl (C=O) groups is 1. The van der Waals surface area contributed by atoms with Gasteiger partial charge in [-0.3, -0.25) is 4.79 Å². The first-order chi connectivity index (χ1) is 14.6. The Kier molecular flexibility index (Phi) is 6.34. The molecule has 0 fully saturated rings. The number of hydrogen-bond acceptors (Lipinski definition) is 4. The summed E-state index contributed by atoms with van der Waals surface area (Å²) in [6.45, 7) is 0.381. The number of ether oxygens (including phenoxy) is 1. The first-order valence-electron chi connectivity index (χ1n) is 9.06. The van der Waals surface area contributed by atoms with Crippen LogP contribution in [0.25, 0.3) is 11.4 Å². The molecule has 150 valence electrons. The van der Waals surface area contributed by atoms with Crippen molar-refractivity contribution >= 4 is 37.5 Å². The predicted octanol–water partition coefficient (Wildman–Crippen LogP) is 6.20. The van der Waals surface area contributed by atoms with Gasteiger partial charge in [-0.15, -0.1) is 0 Å². The summed E-state index contributed by atoms with van der Waals surface area (Å²) >= 11 is 12.1. The van der Waals surface area contributed by atoms with Gasteiger partial charge in [0.05, 0.1) is 0 Å². The van der Waals surface area contributed by atoms with Crippen molar-refractivity contribution in [1.29, 1.82) is 0 Å². The fourth-order valence-electron chi connectivity index (χ4n) is 2.74. The minimum absolute atomic E-state index is 0.0514. The highest BCUT2D eigenvalue weighted by atomic mass is 35.5. The third-order valence-corrected chi connectivity index (χ3v) is 5.49. The van der Waals surface area contributed by atoms with Crippen LogP contribution in [0.15, 0.2) is 72.8 Å². The van der Waals surface area contributed by atoms with E-state index in [4.69, 9.17) is 27.9 Å². The van der Waals surface area contributed by atoms with Crippen LogP contribution in [0.1, 0.15) is 15.8 Å². The van der Waals surface area contributed by atoms with Crippen molar-refractivity contribution in [2.24, 2.45) is 0 Å². The van der Waals surface area contributed by atoms with Crippen LogP contribution in [-0.2, 0) is 6.54 Å². The molecule has 30 heavy (non-hydrogen) atoms. The molecule has 0 bridgehead atoms. The van der Waals surface area contributed by atoms with Crippen molar-refractivity contribution in [2.45, 2.75) is 6.54 Å². The van der Waals surface area contributed by atoms with Crippen molar-refractivity contribution in [3.63, 3.8) is 0 Å². The second kappa shape index (κ2) is 9.31.